The highest BCUT2D eigenvalue weighted by Crippen LogP contribution is 2.43. The number of rotatable bonds is 7. The maximum atomic E-state index is 11.2. The second-order valence-electron chi connectivity index (χ2n) is 9.20. The molecule has 9 heteroatoms. The van der Waals surface area contributed by atoms with E-state index in [1.165, 1.54) is 18.5 Å². The zero-order valence-corrected chi connectivity index (χ0v) is 21.5. The van der Waals surface area contributed by atoms with Crippen molar-refractivity contribution < 1.29 is 19.2 Å². The number of carboxylic acid groups (broad SMARTS) is 1. The number of carboxylic acids is 1. The summed E-state index contributed by atoms with van der Waals surface area (Å²) in [5, 5.41) is 15.2. The van der Waals surface area contributed by atoms with Crippen LogP contribution in [0.15, 0.2) is 71.5 Å². The fourth-order valence-corrected chi connectivity index (χ4v) is 5.15. The summed E-state index contributed by atoms with van der Waals surface area (Å²) in [4.78, 5) is 19.4. The van der Waals surface area contributed by atoms with Crippen LogP contribution >= 0.6 is 23.2 Å². The average molecular weight is 546 g/mol. The predicted octanol–water partition coefficient (Wildman–Crippen LogP) is 7.80. The number of carbonyl (C=O) groups is 1. The van der Waals surface area contributed by atoms with Crippen LogP contribution in [0.4, 0.5) is 0 Å². The Labute approximate surface area is 228 Å². The highest BCUT2D eigenvalue weighted by molar-refractivity contribution is 6.38. The van der Waals surface area contributed by atoms with Crippen LogP contribution < -0.4 is 4.74 Å². The van der Waals surface area contributed by atoms with Crippen molar-refractivity contribution in [2.24, 2.45) is 0 Å². The normalized spacial score (nSPS) is 13.4. The molecule has 1 fully saturated rings. The fraction of sp³-hybridized carbons (Fsp3) is 0.172. The molecule has 6 rings (SSSR count). The first-order chi connectivity index (χ1) is 18.5. The molecule has 2 aromatic carbocycles. The van der Waals surface area contributed by atoms with E-state index in [-0.39, 0.29) is 12.3 Å². The van der Waals surface area contributed by atoms with Crippen LogP contribution in [0.5, 0.6) is 5.75 Å². The number of benzene rings is 2. The minimum Gasteiger partial charge on any atom is -0.489 e. The van der Waals surface area contributed by atoms with E-state index in [9.17, 15) is 4.79 Å². The molecule has 1 N–H and O–H groups in total. The second-order valence-corrected chi connectivity index (χ2v) is 10.0. The summed E-state index contributed by atoms with van der Waals surface area (Å²) in [7, 11) is 0. The van der Waals surface area contributed by atoms with Crippen LogP contribution in [0.2, 0.25) is 10.0 Å². The number of halogens is 2. The maximum absolute atomic E-state index is 11.2. The molecule has 0 unspecified atom stereocenters. The largest absolute Gasteiger partial charge is 0.489 e. The minimum absolute atomic E-state index is 0.0247. The molecular weight excluding hydrogens is 525 g/mol. The van der Waals surface area contributed by atoms with Gasteiger partial charge in [-0.3, -0.25) is 4.98 Å². The Morgan fingerprint density at radius 3 is 2.42 bits per heavy atom. The Morgan fingerprint density at radius 2 is 1.74 bits per heavy atom. The van der Waals surface area contributed by atoms with Gasteiger partial charge >= 0.3 is 5.97 Å². The second kappa shape index (κ2) is 10.1. The molecule has 190 valence electrons. The smallest absolute Gasteiger partial charge is 0.354 e. The van der Waals surface area contributed by atoms with E-state index >= 15 is 0 Å². The number of fused-ring (bicyclic) bond motifs is 1. The zero-order chi connectivity index (χ0) is 26.2. The first kappa shape index (κ1) is 24.4. The van der Waals surface area contributed by atoms with Gasteiger partial charge in [0.2, 0.25) is 0 Å². The van der Waals surface area contributed by atoms with Crippen LogP contribution in [0.25, 0.3) is 33.3 Å². The minimum atomic E-state index is -1.04. The Kier molecular flexibility index (Phi) is 6.47. The predicted molar refractivity (Wildman–Crippen MR) is 145 cm³/mol. The Bertz CT molecular complexity index is 1640. The molecule has 38 heavy (non-hydrogen) atoms. The van der Waals surface area contributed by atoms with Gasteiger partial charge in [-0.25, -0.2) is 9.78 Å². The number of nitrogens with zero attached hydrogens (tertiary/aromatic N) is 3. The average Bonchev–Trinajstić information content (AvgIpc) is 3.28. The van der Waals surface area contributed by atoms with E-state index in [0.29, 0.717) is 38.5 Å². The molecule has 0 atom stereocenters. The number of ether oxygens (including phenoxy) is 1. The van der Waals surface area contributed by atoms with Crippen molar-refractivity contribution in [3.8, 4) is 28.1 Å². The van der Waals surface area contributed by atoms with Gasteiger partial charge < -0.3 is 14.4 Å². The molecule has 1 aliphatic rings. The number of pyridine rings is 2. The molecule has 0 saturated heterocycles. The Morgan fingerprint density at radius 1 is 1.00 bits per heavy atom. The summed E-state index contributed by atoms with van der Waals surface area (Å²) in [5.74, 6) is 0.783. The highest BCUT2D eigenvalue weighted by atomic mass is 35.5. The summed E-state index contributed by atoms with van der Waals surface area (Å²) in [6.45, 7) is 0.256. The third kappa shape index (κ3) is 4.59. The summed E-state index contributed by atoms with van der Waals surface area (Å²) >= 11 is 12.8. The zero-order valence-electron chi connectivity index (χ0n) is 20.0. The van der Waals surface area contributed by atoms with Gasteiger partial charge in [0.15, 0.2) is 0 Å². The molecule has 0 amide bonds. The van der Waals surface area contributed by atoms with Crippen molar-refractivity contribution in [2.75, 3.05) is 0 Å². The molecule has 5 aromatic rings. The number of hydrogen-bond acceptors (Lipinski definition) is 6. The molecule has 0 bridgehead atoms. The Hall–Kier alpha value is -3.94. The van der Waals surface area contributed by atoms with Crippen molar-refractivity contribution in [1.82, 2.24) is 15.1 Å². The fourth-order valence-electron chi connectivity index (χ4n) is 4.61. The SMILES string of the molecule is O=C(O)c1ccc2cc(-c3ccc(OCc4c(-c5c(Cl)cncc5Cl)noc4C4CCC4)cc3)ccc2n1. The van der Waals surface area contributed by atoms with Gasteiger partial charge in [-0.2, -0.15) is 0 Å². The molecule has 0 radical (unpaired) electrons. The van der Waals surface area contributed by atoms with Crippen LogP contribution in [-0.2, 0) is 6.61 Å². The van der Waals surface area contributed by atoms with Crippen LogP contribution in [-0.4, -0.2) is 26.2 Å². The van der Waals surface area contributed by atoms with Crippen molar-refractivity contribution in [3.63, 3.8) is 0 Å². The lowest BCUT2D eigenvalue weighted by atomic mass is 9.81. The van der Waals surface area contributed by atoms with E-state index in [2.05, 4.69) is 15.1 Å². The van der Waals surface area contributed by atoms with E-state index in [0.717, 1.165) is 47.1 Å². The lowest BCUT2D eigenvalue weighted by molar-refractivity contribution is 0.0691. The number of aromatic carboxylic acids is 1. The first-order valence-electron chi connectivity index (χ1n) is 12.1. The van der Waals surface area contributed by atoms with Gasteiger partial charge in [-0.15, -0.1) is 0 Å². The van der Waals surface area contributed by atoms with Crippen LogP contribution in [0, 0.1) is 0 Å². The number of aromatic nitrogens is 3. The quantitative estimate of drug-likeness (QED) is 0.222. The summed E-state index contributed by atoms with van der Waals surface area (Å²) < 4.78 is 12.0. The van der Waals surface area contributed by atoms with Gasteiger partial charge in [-0.05, 0) is 54.3 Å². The van der Waals surface area contributed by atoms with Crippen molar-refractivity contribution in [2.45, 2.75) is 31.8 Å². The van der Waals surface area contributed by atoms with Crippen molar-refractivity contribution >= 4 is 40.1 Å². The molecular formula is C29H21Cl2N3O4. The summed E-state index contributed by atoms with van der Waals surface area (Å²) in [5.41, 5.74) is 4.66. The maximum Gasteiger partial charge on any atom is 0.354 e. The van der Waals surface area contributed by atoms with Gasteiger partial charge in [0.1, 0.15) is 29.5 Å². The van der Waals surface area contributed by atoms with Gasteiger partial charge in [-0.1, -0.05) is 59.0 Å². The molecule has 0 aliphatic heterocycles. The molecule has 1 aliphatic carbocycles. The van der Waals surface area contributed by atoms with E-state index < -0.39 is 5.97 Å². The van der Waals surface area contributed by atoms with E-state index in [1.54, 1.807) is 6.07 Å². The number of hydrogen-bond donors (Lipinski definition) is 1. The monoisotopic (exact) mass is 545 g/mol. The molecule has 3 aromatic heterocycles. The van der Waals surface area contributed by atoms with Gasteiger partial charge in [0, 0.05) is 29.3 Å². The van der Waals surface area contributed by atoms with Gasteiger partial charge in [0.25, 0.3) is 0 Å². The molecule has 0 spiro atoms. The standard InChI is InChI=1S/C29H21Cl2N3O4/c30-22-13-32-14-23(31)26(22)27-21(28(38-34-27)17-2-1-3-17)15-37-20-8-4-16(5-9-20)18-6-10-24-19(12-18)7-11-25(33-24)29(35)36/h4-14,17H,1-3,15H2,(H,35,36). The van der Waals surface area contributed by atoms with E-state index in [1.807, 2.05) is 42.5 Å². The van der Waals surface area contributed by atoms with Crippen molar-refractivity contribution in [1.29, 1.82) is 0 Å². The Balaban J connectivity index is 1.24. The summed E-state index contributed by atoms with van der Waals surface area (Å²) in [6, 6.07) is 16.8. The third-order valence-corrected chi connectivity index (χ3v) is 7.44. The third-order valence-electron chi connectivity index (χ3n) is 6.86. The van der Waals surface area contributed by atoms with Gasteiger partial charge in [0.05, 0.1) is 21.1 Å². The van der Waals surface area contributed by atoms with Crippen LogP contribution in [0.3, 0.4) is 0 Å². The lowest BCUT2D eigenvalue weighted by Gasteiger charge is -2.23. The topological polar surface area (TPSA) is 98.3 Å². The molecule has 1 saturated carbocycles. The highest BCUT2D eigenvalue weighted by Gasteiger charge is 2.30. The lowest BCUT2D eigenvalue weighted by Crippen LogP contribution is -2.11. The van der Waals surface area contributed by atoms with E-state index in [4.69, 9.17) is 37.6 Å². The summed E-state index contributed by atoms with van der Waals surface area (Å²) in [6.07, 6.45) is 6.33. The van der Waals surface area contributed by atoms with Crippen molar-refractivity contribution in [3.05, 3.63) is 94.1 Å². The first-order valence-corrected chi connectivity index (χ1v) is 12.9. The molecule has 3 heterocycles. The van der Waals surface area contributed by atoms with Crippen LogP contribution in [0.1, 0.15) is 47.0 Å². The molecule has 7 nitrogen and oxygen atoms in total.